The zero-order valence-corrected chi connectivity index (χ0v) is 11.5. The number of carbonyl (C=O) groups is 1. The minimum Gasteiger partial charge on any atom is -0.481 e. The molecule has 2 aliphatic rings. The van der Waals surface area contributed by atoms with Crippen LogP contribution in [0.1, 0.15) is 39.0 Å². The van der Waals surface area contributed by atoms with Crippen LogP contribution in [-0.2, 0) is 14.8 Å². The molecule has 18 heavy (non-hydrogen) atoms. The molecule has 0 aromatic heterocycles. The fourth-order valence-electron chi connectivity index (χ4n) is 2.69. The van der Waals surface area contributed by atoms with Crippen LogP contribution >= 0.6 is 0 Å². The standard InChI is InChI=1S/C12H21NO4S/c1-9(7-12(14)15)10-3-2-6-13(8-10)18(16,17)11-4-5-11/h9-11H,2-8H2,1H3,(H,14,15). The van der Waals surface area contributed by atoms with E-state index in [-0.39, 0.29) is 23.5 Å². The maximum Gasteiger partial charge on any atom is 0.303 e. The highest BCUT2D eigenvalue weighted by Crippen LogP contribution is 2.35. The lowest BCUT2D eigenvalue weighted by atomic mass is 9.85. The zero-order valence-electron chi connectivity index (χ0n) is 10.7. The highest BCUT2D eigenvalue weighted by Gasteiger charge is 2.42. The molecule has 2 atom stereocenters. The van der Waals surface area contributed by atoms with Gasteiger partial charge in [-0.05, 0) is 37.5 Å². The Balaban J connectivity index is 1.98. The third-order valence-electron chi connectivity index (χ3n) is 4.03. The van der Waals surface area contributed by atoms with Crippen LogP contribution in [0.2, 0.25) is 0 Å². The van der Waals surface area contributed by atoms with Gasteiger partial charge in [0.1, 0.15) is 0 Å². The van der Waals surface area contributed by atoms with Gasteiger partial charge in [-0.2, -0.15) is 0 Å². The molecule has 1 heterocycles. The molecule has 0 spiro atoms. The normalized spacial score (nSPS) is 27.9. The first-order valence-corrected chi connectivity index (χ1v) is 8.12. The molecule has 6 heteroatoms. The topological polar surface area (TPSA) is 74.7 Å². The Bertz CT molecular complexity index is 416. The van der Waals surface area contributed by atoms with Gasteiger partial charge in [0.05, 0.1) is 5.25 Å². The molecule has 1 aliphatic carbocycles. The van der Waals surface area contributed by atoms with Crippen molar-refractivity contribution in [2.75, 3.05) is 13.1 Å². The predicted molar refractivity (Wildman–Crippen MR) is 67.7 cm³/mol. The largest absolute Gasteiger partial charge is 0.481 e. The van der Waals surface area contributed by atoms with Gasteiger partial charge in [-0.15, -0.1) is 0 Å². The van der Waals surface area contributed by atoms with Crippen molar-refractivity contribution in [3.63, 3.8) is 0 Å². The second-order valence-electron chi connectivity index (χ2n) is 5.58. The van der Waals surface area contributed by atoms with Crippen molar-refractivity contribution in [2.45, 2.75) is 44.3 Å². The molecule has 2 fully saturated rings. The van der Waals surface area contributed by atoms with E-state index in [4.69, 9.17) is 5.11 Å². The van der Waals surface area contributed by atoms with Crippen molar-refractivity contribution >= 4 is 16.0 Å². The van der Waals surface area contributed by atoms with Gasteiger partial charge in [-0.25, -0.2) is 12.7 Å². The van der Waals surface area contributed by atoms with Gasteiger partial charge in [0.2, 0.25) is 10.0 Å². The summed E-state index contributed by atoms with van der Waals surface area (Å²) in [7, 11) is -3.10. The number of hydrogen-bond acceptors (Lipinski definition) is 3. The number of hydrogen-bond donors (Lipinski definition) is 1. The third-order valence-corrected chi connectivity index (χ3v) is 6.39. The molecular weight excluding hydrogens is 254 g/mol. The number of sulfonamides is 1. The molecule has 0 radical (unpaired) electrons. The summed E-state index contributed by atoms with van der Waals surface area (Å²) in [5, 5.41) is 8.65. The van der Waals surface area contributed by atoms with Crippen molar-refractivity contribution in [2.24, 2.45) is 11.8 Å². The Kier molecular flexibility index (Phi) is 3.96. The molecule has 104 valence electrons. The average molecular weight is 275 g/mol. The van der Waals surface area contributed by atoms with E-state index in [1.807, 2.05) is 6.92 Å². The number of piperidine rings is 1. The van der Waals surface area contributed by atoms with Crippen LogP contribution in [0, 0.1) is 11.8 Å². The van der Waals surface area contributed by atoms with Gasteiger partial charge in [-0.1, -0.05) is 6.92 Å². The van der Waals surface area contributed by atoms with E-state index in [1.165, 1.54) is 0 Å². The highest BCUT2D eigenvalue weighted by atomic mass is 32.2. The highest BCUT2D eigenvalue weighted by molar-refractivity contribution is 7.90. The maximum atomic E-state index is 12.1. The SMILES string of the molecule is CC(CC(=O)O)C1CCCN(S(=O)(=O)C2CC2)C1. The second-order valence-corrected chi connectivity index (χ2v) is 7.79. The average Bonchev–Trinajstić information content (AvgIpc) is 3.12. The molecule has 1 N–H and O–H groups in total. The van der Waals surface area contributed by atoms with Crippen LogP contribution in [-0.4, -0.2) is 42.1 Å². The monoisotopic (exact) mass is 275 g/mol. The predicted octanol–water partition coefficient (Wildman–Crippen LogP) is 1.30. The van der Waals surface area contributed by atoms with Crippen LogP contribution in [0.3, 0.4) is 0 Å². The quantitative estimate of drug-likeness (QED) is 0.820. The molecule has 2 unspecified atom stereocenters. The molecule has 1 aliphatic heterocycles. The van der Waals surface area contributed by atoms with Crippen molar-refractivity contribution < 1.29 is 18.3 Å². The molecule has 0 amide bonds. The number of carboxylic acid groups (broad SMARTS) is 1. The van der Waals surface area contributed by atoms with Crippen LogP contribution in [0.25, 0.3) is 0 Å². The molecule has 0 aromatic carbocycles. The Labute approximate surface area is 108 Å². The van der Waals surface area contributed by atoms with Gasteiger partial charge in [0.15, 0.2) is 0 Å². The minimum atomic E-state index is -3.10. The van der Waals surface area contributed by atoms with Gasteiger partial charge < -0.3 is 5.11 Å². The lowest BCUT2D eigenvalue weighted by Gasteiger charge is -2.34. The van der Waals surface area contributed by atoms with Crippen molar-refractivity contribution in [3.05, 3.63) is 0 Å². The van der Waals surface area contributed by atoms with E-state index < -0.39 is 16.0 Å². The fourth-order valence-corrected chi connectivity index (χ4v) is 4.62. The first kappa shape index (κ1) is 13.8. The molecule has 0 aromatic rings. The lowest BCUT2D eigenvalue weighted by molar-refractivity contribution is -0.138. The molecule has 1 saturated carbocycles. The minimum absolute atomic E-state index is 0.0414. The van der Waals surface area contributed by atoms with E-state index in [0.29, 0.717) is 13.1 Å². The molecule has 5 nitrogen and oxygen atoms in total. The van der Waals surface area contributed by atoms with Crippen molar-refractivity contribution in [1.82, 2.24) is 4.31 Å². The van der Waals surface area contributed by atoms with E-state index in [1.54, 1.807) is 4.31 Å². The second kappa shape index (κ2) is 5.17. The third kappa shape index (κ3) is 3.03. The summed E-state index contributed by atoms with van der Waals surface area (Å²) in [4.78, 5) is 10.7. The first-order chi connectivity index (χ1) is 8.41. The summed E-state index contributed by atoms with van der Waals surface area (Å²) in [6.07, 6.45) is 3.48. The summed E-state index contributed by atoms with van der Waals surface area (Å²) < 4.78 is 25.9. The summed E-state index contributed by atoms with van der Waals surface area (Å²) in [5.74, 6) is -0.576. The summed E-state index contributed by atoms with van der Waals surface area (Å²) in [6, 6.07) is 0. The van der Waals surface area contributed by atoms with Crippen molar-refractivity contribution in [1.29, 1.82) is 0 Å². The van der Waals surface area contributed by atoms with Crippen LogP contribution in [0.4, 0.5) is 0 Å². The van der Waals surface area contributed by atoms with Gasteiger partial charge in [0.25, 0.3) is 0 Å². The van der Waals surface area contributed by atoms with E-state index in [0.717, 1.165) is 25.7 Å². The van der Waals surface area contributed by atoms with Gasteiger partial charge in [-0.3, -0.25) is 4.79 Å². The number of carboxylic acids is 1. The zero-order chi connectivity index (χ0) is 13.3. The molecular formula is C12H21NO4S. The lowest BCUT2D eigenvalue weighted by Crippen LogP contribution is -2.43. The van der Waals surface area contributed by atoms with Gasteiger partial charge in [0, 0.05) is 19.5 Å². The van der Waals surface area contributed by atoms with Crippen LogP contribution in [0.15, 0.2) is 0 Å². The number of nitrogens with zero attached hydrogens (tertiary/aromatic N) is 1. The van der Waals surface area contributed by atoms with Crippen molar-refractivity contribution in [3.8, 4) is 0 Å². The fraction of sp³-hybridized carbons (Fsp3) is 0.917. The summed E-state index contributed by atoms with van der Waals surface area (Å²) in [6.45, 7) is 3.02. The molecule has 0 bridgehead atoms. The number of aliphatic carboxylic acids is 1. The number of rotatable bonds is 5. The van der Waals surface area contributed by atoms with E-state index in [2.05, 4.69) is 0 Å². The molecule has 2 rings (SSSR count). The Morgan fingerprint density at radius 2 is 2.06 bits per heavy atom. The Morgan fingerprint density at radius 1 is 1.39 bits per heavy atom. The van der Waals surface area contributed by atoms with Crippen LogP contribution < -0.4 is 0 Å². The first-order valence-electron chi connectivity index (χ1n) is 6.62. The van der Waals surface area contributed by atoms with Crippen LogP contribution in [0.5, 0.6) is 0 Å². The van der Waals surface area contributed by atoms with E-state index in [9.17, 15) is 13.2 Å². The maximum absolute atomic E-state index is 12.1. The molecule has 1 saturated heterocycles. The Morgan fingerprint density at radius 3 is 2.61 bits per heavy atom. The summed E-state index contributed by atoms with van der Waals surface area (Å²) in [5.41, 5.74) is 0. The van der Waals surface area contributed by atoms with E-state index >= 15 is 0 Å². The Hall–Kier alpha value is -0.620. The van der Waals surface area contributed by atoms with Gasteiger partial charge >= 0.3 is 5.97 Å². The summed E-state index contributed by atoms with van der Waals surface area (Å²) >= 11 is 0. The smallest absolute Gasteiger partial charge is 0.303 e.